The van der Waals surface area contributed by atoms with Gasteiger partial charge < -0.3 is 10.2 Å². The van der Waals surface area contributed by atoms with Crippen LogP contribution in [-0.2, 0) is 15.9 Å². The van der Waals surface area contributed by atoms with E-state index in [0.717, 1.165) is 19.4 Å². The summed E-state index contributed by atoms with van der Waals surface area (Å²) < 4.78 is 10.7. The summed E-state index contributed by atoms with van der Waals surface area (Å²) in [5.74, 6) is 1.17. The first-order chi connectivity index (χ1) is 9.28. The van der Waals surface area contributed by atoms with E-state index in [1.165, 1.54) is 6.20 Å². The zero-order chi connectivity index (χ0) is 13.7. The molecule has 0 aromatic carbocycles. The first-order valence-electron chi connectivity index (χ1n) is 6.33. The van der Waals surface area contributed by atoms with E-state index in [1.54, 1.807) is 0 Å². The number of rotatable bonds is 6. The van der Waals surface area contributed by atoms with E-state index in [4.69, 9.17) is 5.26 Å². The minimum absolute atomic E-state index is 0.0954. The van der Waals surface area contributed by atoms with Gasteiger partial charge in [0.2, 0.25) is 5.95 Å². The summed E-state index contributed by atoms with van der Waals surface area (Å²) in [5.41, 5.74) is 0.454. The van der Waals surface area contributed by atoms with E-state index in [0.29, 0.717) is 42.1 Å². The third-order valence-electron chi connectivity index (χ3n) is 2.99. The van der Waals surface area contributed by atoms with Crippen LogP contribution in [0.4, 0.5) is 11.8 Å². The Balaban J connectivity index is 2.09. The summed E-state index contributed by atoms with van der Waals surface area (Å²) in [6, 6.07) is 2.09. The summed E-state index contributed by atoms with van der Waals surface area (Å²) in [6.07, 6.45) is 3.69. The second-order valence-electron chi connectivity index (χ2n) is 4.45. The molecule has 1 N–H and O–H groups in total. The molecule has 2 rings (SSSR count). The molecule has 6 nitrogen and oxygen atoms in total. The van der Waals surface area contributed by atoms with Crippen molar-refractivity contribution >= 4 is 23.4 Å². The lowest BCUT2D eigenvalue weighted by molar-refractivity contribution is 0.568. The smallest absolute Gasteiger partial charge is 0.354 e. The van der Waals surface area contributed by atoms with Crippen molar-refractivity contribution in [2.24, 2.45) is 0 Å². The molecule has 0 aliphatic carbocycles. The van der Waals surface area contributed by atoms with Crippen molar-refractivity contribution in [3.63, 3.8) is 0 Å². The van der Waals surface area contributed by atoms with E-state index in [9.17, 15) is 4.21 Å². The minimum atomic E-state index is 0.0954. The molecule has 0 bridgehead atoms. The van der Waals surface area contributed by atoms with Crippen molar-refractivity contribution in [3.05, 3.63) is 11.8 Å². The molecule has 0 spiro atoms. The number of hydrogen-bond donors (Lipinski definition) is 1. The molecule has 1 aromatic rings. The lowest BCUT2D eigenvalue weighted by Gasteiger charge is -2.31. The van der Waals surface area contributed by atoms with Crippen molar-refractivity contribution in [2.75, 3.05) is 29.9 Å². The molecule has 19 heavy (non-hydrogen) atoms. The predicted molar refractivity (Wildman–Crippen MR) is 74.2 cm³/mol. The molecule has 7 heteroatoms. The van der Waals surface area contributed by atoms with Crippen LogP contribution in [0.1, 0.15) is 25.3 Å². The Kier molecular flexibility index (Phi) is 4.58. The van der Waals surface area contributed by atoms with E-state index < -0.39 is 0 Å². The normalized spacial score (nSPS) is 14.6. The fraction of sp³-hybridized carbons (Fsp3) is 0.583. The van der Waals surface area contributed by atoms with Gasteiger partial charge in [-0.2, -0.15) is 10.2 Å². The van der Waals surface area contributed by atoms with Crippen molar-refractivity contribution in [1.82, 2.24) is 9.97 Å². The molecule has 1 fully saturated rings. The highest BCUT2D eigenvalue weighted by molar-refractivity contribution is 7.66. The third-order valence-corrected chi connectivity index (χ3v) is 3.56. The molecule has 2 heterocycles. The maximum absolute atomic E-state index is 10.7. The monoisotopic (exact) mass is 278 g/mol. The molecule has 0 saturated carbocycles. The Morgan fingerprint density at radius 1 is 1.63 bits per heavy atom. The molecule has 1 aliphatic rings. The highest BCUT2D eigenvalue weighted by Gasteiger charge is 2.39. The van der Waals surface area contributed by atoms with Gasteiger partial charge in [-0.05, 0) is 6.42 Å². The van der Waals surface area contributed by atoms with Gasteiger partial charge in [0.15, 0.2) is 5.82 Å². The Labute approximate surface area is 116 Å². The summed E-state index contributed by atoms with van der Waals surface area (Å²) >= 11 is 0.611. The number of nitrogens with one attached hydrogen (secondary N) is 1. The number of unbranched alkanes of at least 4 members (excludes halogenated alkanes) is 1. The van der Waals surface area contributed by atoms with E-state index in [1.807, 2.05) is 4.90 Å². The van der Waals surface area contributed by atoms with Gasteiger partial charge in [0.25, 0.3) is 5.25 Å². The predicted octanol–water partition coefficient (Wildman–Crippen LogP) is 1.18. The lowest BCUT2D eigenvalue weighted by atomic mass is 10.2. The highest BCUT2D eigenvalue weighted by Crippen LogP contribution is 2.24. The second kappa shape index (κ2) is 6.38. The van der Waals surface area contributed by atoms with Crippen LogP contribution >= 0.6 is 0 Å². The summed E-state index contributed by atoms with van der Waals surface area (Å²) in [7, 11) is 0. The average Bonchev–Trinajstić information content (AvgIpc) is 2.38. The van der Waals surface area contributed by atoms with Crippen LogP contribution in [0, 0.1) is 11.3 Å². The zero-order valence-corrected chi connectivity index (χ0v) is 11.6. The molecule has 100 valence electrons. The van der Waals surface area contributed by atoms with Gasteiger partial charge in [-0.25, -0.2) is 4.98 Å². The number of hydrogen-bond acceptors (Lipinski definition) is 6. The van der Waals surface area contributed by atoms with Gasteiger partial charge in [-0.3, -0.25) is 0 Å². The van der Waals surface area contributed by atoms with Crippen molar-refractivity contribution in [2.45, 2.75) is 25.0 Å². The van der Waals surface area contributed by atoms with Gasteiger partial charge >= 0.3 is 11.7 Å². The molecular formula is C12H16N5OS+. The standard InChI is InChI=1S/C12H16N5OS/c1-2-3-4-14-12-15-6-9(5-13)11(16-12)17-7-10(8-17)19-18/h6,10H,2-4,7-8H2,1H3,(H,14,15,16)/q+1. The molecule has 1 aliphatic heterocycles. The minimum Gasteiger partial charge on any atom is -0.354 e. The number of anilines is 2. The molecule has 0 amide bonds. The van der Waals surface area contributed by atoms with Crippen LogP contribution in [0.2, 0.25) is 0 Å². The topological polar surface area (TPSA) is 81.9 Å². The van der Waals surface area contributed by atoms with Gasteiger partial charge in [-0.1, -0.05) is 13.3 Å². The zero-order valence-electron chi connectivity index (χ0n) is 10.8. The summed E-state index contributed by atoms with van der Waals surface area (Å²) in [4.78, 5) is 10.4. The molecule has 1 aromatic heterocycles. The molecule has 1 saturated heterocycles. The molecule has 0 radical (unpaired) electrons. The van der Waals surface area contributed by atoms with Crippen molar-refractivity contribution < 1.29 is 4.21 Å². The van der Waals surface area contributed by atoms with Crippen LogP contribution in [0.15, 0.2) is 6.20 Å². The number of nitrogens with zero attached hydrogens (tertiary/aromatic N) is 4. The van der Waals surface area contributed by atoms with Crippen LogP contribution in [0.3, 0.4) is 0 Å². The number of nitriles is 1. The Morgan fingerprint density at radius 3 is 3.05 bits per heavy atom. The first kappa shape index (κ1) is 13.6. The van der Waals surface area contributed by atoms with Crippen LogP contribution in [-0.4, -0.2) is 34.9 Å². The van der Waals surface area contributed by atoms with E-state index >= 15 is 0 Å². The number of aromatic nitrogens is 2. The van der Waals surface area contributed by atoms with Gasteiger partial charge in [-0.15, -0.1) is 0 Å². The third kappa shape index (κ3) is 3.15. The molecule has 0 unspecified atom stereocenters. The average molecular weight is 278 g/mol. The lowest BCUT2D eigenvalue weighted by Crippen LogP contribution is -2.51. The van der Waals surface area contributed by atoms with E-state index in [2.05, 4.69) is 28.3 Å². The Bertz CT molecular complexity index is 495. The molecule has 0 atom stereocenters. The van der Waals surface area contributed by atoms with Crippen LogP contribution < -0.4 is 10.2 Å². The summed E-state index contributed by atoms with van der Waals surface area (Å²) in [6.45, 7) is 4.23. The first-order valence-corrected chi connectivity index (χ1v) is 7.13. The maximum atomic E-state index is 10.7. The van der Waals surface area contributed by atoms with Crippen LogP contribution in [0.5, 0.6) is 0 Å². The van der Waals surface area contributed by atoms with Gasteiger partial charge in [0, 0.05) is 10.8 Å². The van der Waals surface area contributed by atoms with E-state index in [-0.39, 0.29) is 5.25 Å². The fourth-order valence-corrected chi connectivity index (χ4v) is 2.31. The second-order valence-corrected chi connectivity index (χ2v) is 5.31. The maximum Gasteiger partial charge on any atom is 0.466 e. The fourth-order valence-electron chi connectivity index (χ4n) is 1.83. The van der Waals surface area contributed by atoms with Crippen molar-refractivity contribution in [1.29, 1.82) is 5.26 Å². The summed E-state index contributed by atoms with van der Waals surface area (Å²) in [5, 5.41) is 12.3. The van der Waals surface area contributed by atoms with Crippen molar-refractivity contribution in [3.8, 4) is 6.07 Å². The van der Waals surface area contributed by atoms with Crippen LogP contribution in [0.25, 0.3) is 0 Å². The Hall–Kier alpha value is -1.81. The van der Waals surface area contributed by atoms with Gasteiger partial charge in [0.1, 0.15) is 11.6 Å². The quantitative estimate of drug-likeness (QED) is 0.621. The SMILES string of the molecule is CCCCNc1ncc(C#N)c(N2CC([S+]=O)C2)n1. The Morgan fingerprint density at radius 2 is 2.42 bits per heavy atom. The largest absolute Gasteiger partial charge is 0.466 e. The highest BCUT2D eigenvalue weighted by atomic mass is 32.1. The molecular weight excluding hydrogens is 262 g/mol. The van der Waals surface area contributed by atoms with Gasteiger partial charge in [0.05, 0.1) is 19.3 Å².